The van der Waals surface area contributed by atoms with Gasteiger partial charge in [-0.3, -0.25) is 10.2 Å². The zero-order chi connectivity index (χ0) is 16.8. The van der Waals surface area contributed by atoms with Gasteiger partial charge in [0.05, 0.1) is 11.3 Å². The Balaban J connectivity index is 1.62. The van der Waals surface area contributed by atoms with Gasteiger partial charge in [-0.25, -0.2) is 0 Å². The average molecular weight is 344 g/mol. The number of nitrogens with one attached hydrogen (secondary N) is 1. The van der Waals surface area contributed by atoms with E-state index in [4.69, 9.17) is 5.73 Å². The van der Waals surface area contributed by atoms with E-state index < -0.39 is 0 Å². The van der Waals surface area contributed by atoms with Crippen LogP contribution in [0.15, 0.2) is 45.9 Å². The minimum Gasteiger partial charge on any atom is -0.377 e. The van der Waals surface area contributed by atoms with Crippen LogP contribution in [-0.4, -0.2) is 20.2 Å². The first kappa shape index (κ1) is 16.5. The molecule has 0 radical (unpaired) electrons. The van der Waals surface area contributed by atoms with E-state index in [9.17, 15) is 4.79 Å². The molecule has 24 heavy (non-hydrogen) atoms. The van der Waals surface area contributed by atoms with Gasteiger partial charge in [-0.15, -0.1) is 5.10 Å². The summed E-state index contributed by atoms with van der Waals surface area (Å²) >= 11 is 1.24. The molecule has 1 aliphatic carbocycles. The lowest BCUT2D eigenvalue weighted by Gasteiger charge is -2.06. The van der Waals surface area contributed by atoms with E-state index in [0.29, 0.717) is 16.1 Å². The first-order valence-corrected chi connectivity index (χ1v) is 8.96. The molecule has 0 spiro atoms. The molecule has 1 aromatic carbocycles. The zero-order valence-corrected chi connectivity index (χ0v) is 14.1. The Kier molecular flexibility index (Phi) is 5.47. The fraction of sp³-hybridized carbons (Fsp3) is 0.375. The van der Waals surface area contributed by atoms with Gasteiger partial charge >= 0.3 is 0 Å². The van der Waals surface area contributed by atoms with Crippen LogP contribution in [0.5, 0.6) is 0 Å². The van der Waals surface area contributed by atoms with Crippen LogP contribution >= 0.6 is 11.8 Å². The first-order chi connectivity index (χ1) is 11.7. The lowest BCUT2D eigenvalue weighted by molar-refractivity contribution is 0.646. The number of fused-ring (bicyclic) bond motifs is 1. The van der Waals surface area contributed by atoms with E-state index in [1.807, 2.05) is 12.1 Å². The number of rotatable bonds is 4. The maximum atomic E-state index is 12.3. The second kappa shape index (κ2) is 7.96. The number of hydrogen-bond acceptors (Lipinski definition) is 6. The van der Waals surface area contributed by atoms with Crippen molar-refractivity contribution in [2.24, 2.45) is 10.8 Å². The lowest BCUT2D eigenvalue weighted by Crippen LogP contribution is -2.25. The molecule has 1 aromatic heterocycles. The number of thioether (sulfide) groups is 1. The molecule has 0 bridgehead atoms. The molecule has 126 valence electrons. The number of hydrogen-bond donors (Lipinski definition) is 2. The summed E-state index contributed by atoms with van der Waals surface area (Å²) < 4.78 is 1.29. The molecular weight excluding hydrogens is 324 g/mol. The van der Waals surface area contributed by atoms with Crippen LogP contribution in [0.3, 0.4) is 0 Å². The van der Waals surface area contributed by atoms with Gasteiger partial charge in [0.15, 0.2) is 5.17 Å². The quantitative estimate of drug-likeness (QED) is 0.501. The number of hydrazone groups is 1. The number of nitrogens with two attached hydrogens (primary N) is 1. The highest BCUT2D eigenvalue weighted by molar-refractivity contribution is 8.12. The Hall–Kier alpha value is -2.35. The van der Waals surface area contributed by atoms with Gasteiger partial charge in [-0.1, -0.05) is 41.6 Å². The largest absolute Gasteiger partial charge is 0.377 e. The van der Waals surface area contributed by atoms with E-state index in [1.165, 1.54) is 35.7 Å². The Bertz CT molecular complexity index is 829. The summed E-state index contributed by atoms with van der Waals surface area (Å²) in [5, 5.41) is 13.1. The molecule has 0 unspecified atom stereocenters. The molecule has 1 heterocycles. The van der Waals surface area contributed by atoms with Crippen molar-refractivity contribution in [2.75, 3.05) is 0 Å². The summed E-state index contributed by atoms with van der Waals surface area (Å²) in [6.07, 6.45) is 7.89. The van der Waals surface area contributed by atoms with Crippen LogP contribution in [0.4, 0.5) is 0 Å². The molecule has 0 saturated carbocycles. The molecule has 0 aliphatic heterocycles. The molecule has 8 heteroatoms. The monoisotopic (exact) mass is 344 g/mol. The Morgan fingerprint density at radius 1 is 1.33 bits per heavy atom. The summed E-state index contributed by atoms with van der Waals surface area (Å²) in [5.74, 6) is 0.271. The molecule has 0 atom stereocenters. The van der Waals surface area contributed by atoms with Crippen molar-refractivity contribution in [3.63, 3.8) is 0 Å². The van der Waals surface area contributed by atoms with Gasteiger partial charge in [0, 0.05) is 5.70 Å². The van der Waals surface area contributed by atoms with Gasteiger partial charge in [0.2, 0.25) is 0 Å². The lowest BCUT2D eigenvalue weighted by atomic mass is 10.2. The summed E-state index contributed by atoms with van der Waals surface area (Å²) in [7, 11) is 0. The van der Waals surface area contributed by atoms with Crippen LogP contribution in [0.2, 0.25) is 0 Å². The van der Waals surface area contributed by atoms with E-state index in [1.54, 1.807) is 12.1 Å². The van der Waals surface area contributed by atoms with Gasteiger partial charge in [0.1, 0.15) is 5.52 Å². The molecule has 1 aliphatic rings. The first-order valence-electron chi connectivity index (χ1n) is 7.97. The standard InChI is InChI=1S/C16H20N6OS/c17-16(20-18-12-7-3-1-2-4-8-12)24-11-22-15(23)13-9-5-6-10-14(13)19-21-22/h5-7,9-10,18H,1-4,8,11H2,(H2,17,20). The molecule has 0 fully saturated rings. The highest BCUT2D eigenvalue weighted by atomic mass is 32.2. The second-order valence-corrected chi connectivity index (χ2v) is 6.54. The zero-order valence-electron chi connectivity index (χ0n) is 13.3. The van der Waals surface area contributed by atoms with Crippen LogP contribution in [0.25, 0.3) is 10.9 Å². The summed E-state index contributed by atoms with van der Waals surface area (Å²) in [6, 6.07) is 7.14. The van der Waals surface area contributed by atoms with Crippen LogP contribution in [-0.2, 0) is 5.88 Å². The highest BCUT2D eigenvalue weighted by Gasteiger charge is 2.06. The topological polar surface area (TPSA) is 98.2 Å². The smallest absolute Gasteiger partial charge is 0.278 e. The van der Waals surface area contributed by atoms with Gasteiger partial charge in [0.25, 0.3) is 5.56 Å². The maximum absolute atomic E-state index is 12.3. The third-order valence-electron chi connectivity index (χ3n) is 3.81. The molecule has 2 aromatic rings. The molecule has 0 saturated heterocycles. The van der Waals surface area contributed by atoms with E-state index in [2.05, 4.69) is 26.9 Å². The predicted molar refractivity (Wildman–Crippen MR) is 97.3 cm³/mol. The Morgan fingerprint density at radius 3 is 3.12 bits per heavy atom. The maximum Gasteiger partial charge on any atom is 0.278 e. The van der Waals surface area contributed by atoms with Crippen molar-refractivity contribution < 1.29 is 0 Å². The van der Waals surface area contributed by atoms with Crippen LogP contribution in [0, 0.1) is 0 Å². The van der Waals surface area contributed by atoms with Gasteiger partial charge < -0.3 is 5.73 Å². The van der Waals surface area contributed by atoms with Crippen molar-refractivity contribution in [3.05, 3.63) is 46.4 Å². The van der Waals surface area contributed by atoms with Crippen molar-refractivity contribution in [1.82, 2.24) is 20.4 Å². The molecule has 0 amide bonds. The van der Waals surface area contributed by atoms with Crippen molar-refractivity contribution in [3.8, 4) is 0 Å². The van der Waals surface area contributed by atoms with E-state index >= 15 is 0 Å². The van der Waals surface area contributed by atoms with Crippen molar-refractivity contribution >= 4 is 27.8 Å². The Morgan fingerprint density at radius 2 is 2.21 bits per heavy atom. The minimum atomic E-state index is -0.180. The summed E-state index contributed by atoms with van der Waals surface area (Å²) in [4.78, 5) is 12.3. The third kappa shape index (κ3) is 4.14. The highest BCUT2D eigenvalue weighted by Crippen LogP contribution is 2.15. The molecular formula is C16H20N6OS. The predicted octanol–water partition coefficient (Wildman–Crippen LogP) is 2.15. The van der Waals surface area contributed by atoms with E-state index in [-0.39, 0.29) is 11.4 Å². The number of allylic oxidation sites excluding steroid dienone is 2. The number of nitrogens with zero attached hydrogens (tertiary/aromatic N) is 4. The molecule has 7 nitrogen and oxygen atoms in total. The van der Waals surface area contributed by atoms with Gasteiger partial charge in [-0.2, -0.15) is 9.78 Å². The van der Waals surface area contributed by atoms with Crippen LogP contribution in [0.1, 0.15) is 32.1 Å². The van der Waals surface area contributed by atoms with E-state index in [0.717, 1.165) is 18.5 Å². The van der Waals surface area contributed by atoms with Gasteiger partial charge in [-0.05, 0) is 37.8 Å². The SMILES string of the molecule is NC(=NNC1=CCCCCC1)SCn1nnc2ccccc2c1=O. The second-order valence-electron chi connectivity index (χ2n) is 5.58. The van der Waals surface area contributed by atoms with Crippen molar-refractivity contribution in [1.29, 1.82) is 0 Å². The average Bonchev–Trinajstić information content (AvgIpc) is 2.88. The summed E-state index contributed by atoms with van der Waals surface area (Å²) in [6.45, 7) is 0. The number of amidine groups is 1. The normalized spacial score (nSPS) is 15.8. The number of benzene rings is 1. The molecule has 3 N–H and O–H groups in total. The minimum absolute atomic E-state index is 0.180. The summed E-state index contributed by atoms with van der Waals surface area (Å²) in [5.41, 5.74) is 10.4. The third-order valence-corrected chi connectivity index (χ3v) is 4.58. The molecule has 3 rings (SSSR count). The Labute approximate surface area is 144 Å². The van der Waals surface area contributed by atoms with Crippen molar-refractivity contribution in [2.45, 2.75) is 38.0 Å². The number of aromatic nitrogens is 3. The van der Waals surface area contributed by atoms with Crippen LogP contribution < -0.4 is 16.7 Å². The fourth-order valence-corrected chi connectivity index (χ4v) is 3.04. The fourth-order valence-electron chi connectivity index (χ4n) is 2.51.